The Hall–Kier alpha value is -2.02. The third-order valence-corrected chi connectivity index (χ3v) is 3.57. The van der Waals surface area contributed by atoms with Crippen LogP contribution in [-0.4, -0.2) is 27.7 Å². The number of nitrogens with zero attached hydrogens (tertiary/aromatic N) is 2. The molecule has 7 heteroatoms. The molecule has 23 heavy (non-hydrogen) atoms. The fourth-order valence-electron chi connectivity index (χ4n) is 2.54. The largest absolute Gasteiger partial charge is 0.486 e. The van der Waals surface area contributed by atoms with Crippen molar-refractivity contribution in [3.63, 3.8) is 0 Å². The fraction of sp³-hybridized carbons (Fsp3) is 0.500. The van der Waals surface area contributed by atoms with Crippen LogP contribution in [0.1, 0.15) is 32.2 Å². The lowest BCUT2D eigenvalue weighted by Gasteiger charge is -2.25. The molecule has 2 rings (SSSR count). The van der Waals surface area contributed by atoms with E-state index in [0.29, 0.717) is 18.5 Å². The van der Waals surface area contributed by atoms with Crippen molar-refractivity contribution in [2.24, 2.45) is 0 Å². The highest BCUT2D eigenvalue weighted by atomic mass is 19.3. The minimum atomic E-state index is -3.38. The summed E-state index contributed by atoms with van der Waals surface area (Å²) in [5.74, 6) is -3.21. The summed E-state index contributed by atoms with van der Waals surface area (Å²) < 4.78 is 40.7. The second-order valence-corrected chi connectivity index (χ2v) is 5.45. The van der Waals surface area contributed by atoms with E-state index in [-0.39, 0.29) is 5.76 Å². The Morgan fingerprint density at radius 3 is 2.83 bits per heavy atom. The Bertz CT molecular complexity index is 657. The average molecular weight is 326 g/mol. The van der Waals surface area contributed by atoms with Gasteiger partial charge in [-0.05, 0) is 19.4 Å². The molecule has 1 fully saturated rings. The lowest BCUT2D eigenvalue weighted by molar-refractivity contribution is -0.145. The Kier molecular flexibility index (Phi) is 4.99. The molecule has 126 valence electrons. The highest BCUT2D eigenvalue weighted by molar-refractivity contribution is 5.06. The normalized spacial score (nSPS) is 26.0. The first-order chi connectivity index (χ1) is 10.8. The quantitative estimate of drug-likeness (QED) is 0.596. The van der Waals surface area contributed by atoms with E-state index in [2.05, 4.69) is 18.1 Å². The van der Waals surface area contributed by atoms with Crippen LogP contribution in [0.25, 0.3) is 0 Å². The molecule has 0 aliphatic carbocycles. The SMILES string of the molecule is C=CCc1ccn(C2OC(CC)C(OC(=C)C)C2(F)F)c(=O)n1. The maximum absolute atomic E-state index is 14.7. The summed E-state index contributed by atoms with van der Waals surface area (Å²) in [7, 11) is 0. The van der Waals surface area contributed by atoms with Gasteiger partial charge in [0.2, 0.25) is 6.23 Å². The zero-order valence-corrected chi connectivity index (χ0v) is 13.2. The van der Waals surface area contributed by atoms with Gasteiger partial charge in [-0.15, -0.1) is 6.58 Å². The number of aromatic nitrogens is 2. The minimum absolute atomic E-state index is 0.171. The molecule has 0 N–H and O–H groups in total. The van der Waals surface area contributed by atoms with E-state index in [0.717, 1.165) is 4.57 Å². The predicted octanol–water partition coefficient (Wildman–Crippen LogP) is 2.83. The molecule has 0 radical (unpaired) electrons. The van der Waals surface area contributed by atoms with Gasteiger partial charge < -0.3 is 9.47 Å². The van der Waals surface area contributed by atoms with Crippen molar-refractivity contribution < 1.29 is 18.3 Å². The molecule has 1 aliphatic heterocycles. The molecule has 0 bridgehead atoms. The van der Waals surface area contributed by atoms with Crippen molar-refractivity contribution in [1.82, 2.24) is 9.55 Å². The van der Waals surface area contributed by atoms with Gasteiger partial charge >= 0.3 is 11.6 Å². The van der Waals surface area contributed by atoms with Crippen LogP contribution in [0.2, 0.25) is 0 Å². The maximum Gasteiger partial charge on any atom is 0.350 e. The first kappa shape index (κ1) is 17.3. The monoisotopic (exact) mass is 326 g/mol. The molecule has 2 heterocycles. The van der Waals surface area contributed by atoms with Crippen molar-refractivity contribution in [2.75, 3.05) is 0 Å². The number of alkyl halides is 2. The maximum atomic E-state index is 14.7. The Morgan fingerprint density at radius 1 is 1.61 bits per heavy atom. The Balaban J connectivity index is 2.37. The zero-order chi connectivity index (χ0) is 17.2. The van der Waals surface area contributed by atoms with Crippen LogP contribution >= 0.6 is 0 Å². The lowest BCUT2D eigenvalue weighted by atomic mass is 10.1. The highest BCUT2D eigenvalue weighted by Crippen LogP contribution is 2.45. The molecule has 1 aromatic heterocycles. The summed E-state index contributed by atoms with van der Waals surface area (Å²) in [5.41, 5.74) is -0.329. The smallest absolute Gasteiger partial charge is 0.350 e. The van der Waals surface area contributed by atoms with E-state index >= 15 is 0 Å². The molecule has 1 aliphatic rings. The molecule has 1 aromatic rings. The van der Waals surface area contributed by atoms with Gasteiger partial charge in [-0.2, -0.15) is 13.8 Å². The molecule has 0 amide bonds. The van der Waals surface area contributed by atoms with Crippen LogP contribution in [0.3, 0.4) is 0 Å². The number of allylic oxidation sites excluding steroid dienone is 2. The van der Waals surface area contributed by atoms with E-state index < -0.39 is 30.0 Å². The lowest BCUT2D eigenvalue weighted by Crippen LogP contribution is -2.42. The van der Waals surface area contributed by atoms with Crippen molar-refractivity contribution >= 4 is 0 Å². The average Bonchev–Trinajstić information content (AvgIpc) is 2.71. The zero-order valence-electron chi connectivity index (χ0n) is 13.2. The first-order valence-electron chi connectivity index (χ1n) is 7.35. The van der Waals surface area contributed by atoms with Crippen LogP contribution in [0, 0.1) is 0 Å². The summed E-state index contributed by atoms with van der Waals surface area (Å²) in [5, 5.41) is 0. The number of hydrogen-bond donors (Lipinski definition) is 0. The van der Waals surface area contributed by atoms with E-state index in [1.165, 1.54) is 19.2 Å². The molecule has 3 atom stereocenters. The second kappa shape index (κ2) is 6.62. The number of rotatable bonds is 6. The van der Waals surface area contributed by atoms with Crippen molar-refractivity contribution in [3.8, 4) is 0 Å². The second-order valence-electron chi connectivity index (χ2n) is 5.45. The summed E-state index contributed by atoms with van der Waals surface area (Å²) in [4.78, 5) is 15.8. The molecular formula is C16H20F2N2O3. The molecule has 0 saturated carbocycles. The van der Waals surface area contributed by atoms with E-state index in [9.17, 15) is 13.6 Å². The Morgan fingerprint density at radius 2 is 2.30 bits per heavy atom. The topological polar surface area (TPSA) is 53.4 Å². The van der Waals surface area contributed by atoms with Gasteiger partial charge in [-0.1, -0.05) is 19.6 Å². The van der Waals surface area contributed by atoms with Crippen LogP contribution < -0.4 is 5.69 Å². The summed E-state index contributed by atoms with van der Waals surface area (Å²) >= 11 is 0. The van der Waals surface area contributed by atoms with E-state index in [1.54, 1.807) is 13.0 Å². The van der Waals surface area contributed by atoms with Gasteiger partial charge in [-0.25, -0.2) is 4.79 Å². The summed E-state index contributed by atoms with van der Waals surface area (Å²) in [6, 6.07) is 1.50. The van der Waals surface area contributed by atoms with Crippen LogP contribution in [0.15, 0.2) is 42.1 Å². The molecular weight excluding hydrogens is 306 g/mol. The Labute approximate surface area is 133 Å². The van der Waals surface area contributed by atoms with Crippen molar-refractivity contribution in [2.45, 2.75) is 51.0 Å². The van der Waals surface area contributed by atoms with Gasteiger partial charge in [0.05, 0.1) is 11.5 Å². The molecule has 3 unspecified atom stereocenters. The van der Waals surface area contributed by atoms with Crippen LogP contribution in [0.5, 0.6) is 0 Å². The fourth-order valence-corrected chi connectivity index (χ4v) is 2.54. The van der Waals surface area contributed by atoms with Gasteiger partial charge in [-0.3, -0.25) is 4.57 Å². The molecule has 1 saturated heterocycles. The number of hydrogen-bond acceptors (Lipinski definition) is 4. The van der Waals surface area contributed by atoms with Crippen molar-refractivity contribution in [1.29, 1.82) is 0 Å². The molecule has 0 aromatic carbocycles. The van der Waals surface area contributed by atoms with E-state index in [1.807, 2.05) is 0 Å². The first-order valence-corrected chi connectivity index (χ1v) is 7.35. The third kappa shape index (κ3) is 3.34. The molecule has 0 spiro atoms. The van der Waals surface area contributed by atoms with Crippen LogP contribution in [-0.2, 0) is 15.9 Å². The van der Waals surface area contributed by atoms with Gasteiger partial charge in [0.15, 0.2) is 6.10 Å². The summed E-state index contributed by atoms with van der Waals surface area (Å²) in [6.07, 6.45) is -0.535. The molecule has 5 nitrogen and oxygen atoms in total. The van der Waals surface area contributed by atoms with Gasteiger partial charge in [0.1, 0.15) is 6.10 Å². The standard InChI is InChI=1S/C16H20F2N2O3/c1-5-7-11-8-9-20(15(21)19-11)14-16(17,18)13(22-10(3)4)12(6-2)23-14/h5,8-9,12-14H,1,3,6-7H2,2,4H3. The highest BCUT2D eigenvalue weighted by Gasteiger charge is 2.61. The minimum Gasteiger partial charge on any atom is -0.486 e. The number of ether oxygens (including phenoxy) is 2. The van der Waals surface area contributed by atoms with Gasteiger partial charge in [0, 0.05) is 12.6 Å². The van der Waals surface area contributed by atoms with E-state index in [4.69, 9.17) is 9.47 Å². The number of halogens is 2. The third-order valence-electron chi connectivity index (χ3n) is 3.57. The summed E-state index contributed by atoms with van der Waals surface area (Å²) in [6.45, 7) is 10.3. The van der Waals surface area contributed by atoms with Crippen LogP contribution in [0.4, 0.5) is 8.78 Å². The van der Waals surface area contributed by atoms with Gasteiger partial charge in [0.25, 0.3) is 0 Å². The predicted molar refractivity (Wildman–Crippen MR) is 81.2 cm³/mol. The van der Waals surface area contributed by atoms with Crippen molar-refractivity contribution in [3.05, 3.63) is 53.4 Å².